The normalized spacial score (nSPS) is 11.2. The maximum absolute atomic E-state index is 12.1. The number of hydrogen-bond acceptors (Lipinski definition) is 3. The lowest BCUT2D eigenvalue weighted by atomic mass is 10.4. The van der Waals surface area contributed by atoms with E-state index in [0.29, 0.717) is 5.82 Å². The predicted octanol–water partition coefficient (Wildman–Crippen LogP) is 2.80. The molecule has 0 unspecified atom stereocenters. The average Bonchev–Trinajstić information content (AvgIpc) is 2.29. The van der Waals surface area contributed by atoms with Crippen LogP contribution in [-0.4, -0.2) is 13.4 Å². The van der Waals surface area contributed by atoms with Crippen molar-refractivity contribution in [2.45, 2.75) is 11.8 Å². The zero-order valence-corrected chi connectivity index (χ0v) is 12.6. The van der Waals surface area contributed by atoms with Gasteiger partial charge in [-0.3, -0.25) is 4.72 Å². The highest BCUT2D eigenvalue weighted by molar-refractivity contribution is 14.1. The van der Waals surface area contributed by atoms with E-state index in [1.165, 1.54) is 0 Å². The minimum absolute atomic E-state index is 0.228. The first kappa shape index (κ1) is 13.3. The van der Waals surface area contributed by atoms with Crippen molar-refractivity contribution in [2.24, 2.45) is 0 Å². The van der Waals surface area contributed by atoms with Crippen molar-refractivity contribution in [3.05, 3.63) is 51.7 Å². The van der Waals surface area contributed by atoms with Gasteiger partial charge in [-0.15, -0.1) is 0 Å². The molecule has 94 valence electrons. The van der Waals surface area contributed by atoms with Gasteiger partial charge in [0, 0.05) is 9.26 Å². The first-order valence-electron chi connectivity index (χ1n) is 5.19. The van der Waals surface area contributed by atoms with E-state index in [9.17, 15) is 8.42 Å². The van der Waals surface area contributed by atoms with Gasteiger partial charge in [0.05, 0.1) is 4.90 Å². The summed E-state index contributed by atoms with van der Waals surface area (Å²) in [7, 11) is -3.56. The van der Waals surface area contributed by atoms with Crippen LogP contribution in [0.15, 0.2) is 47.4 Å². The van der Waals surface area contributed by atoms with E-state index in [1.807, 2.05) is 13.0 Å². The second kappa shape index (κ2) is 5.23. The van der Waals surface area contributed by atoms with E-state index >= 15 is 0 Å². The molecule has 0 spiro atoms. The van der Waals surface area contributed by atoms with E-state index in [1.54, 1.807) is 36.4 Å². The van der Waals surface area contributed by atoms with Gasteiger partial charge < -0.3 is 0 Å². The SMILES string of the molecule is Cc1cccc(NS(=O)(=O)c2ccc(I)cc2)n1. The third-order valence-corrected chi connectivity index (χ3v) is 4.34. The standard InChI is InChI=1S/C12H11IN2O2S/c1-9-3-2-4-12(14-9)15-18(16,17)11-7-5-10(13)6-8-11/h2-8H,1H3,(H,14,15). The number of benzene rings is 1. The number of hydrogen-bond donors (Lipinski definition) is 1. The van der Waals surface area contributed by atoms with Crippen LogP contribution >= 0.6 is 22.6 Å². The topological polar surface area (TPSA) is 59.1 Å². The quantitative estimate of drug-likeness (QED) is 0.841. The molecular formula is C12H11IN2O2S. The summed E-state index contributed by atoms with van der Waals surface area (Å²) in [4.78, 5) is 4.34. The van der Waals surface area contributed by atoms with Crippen molar-refractivity contribution in [2.75, 3.05) is 4.72 Å². The van der Waals surface area contributed by atoms with Crippen LogP contribution in [0.2, 0.25) is 0 Å². The summed E-state index contributed by atoms with van der Waals surface area (Å²) in [6, 6.07) is 11.8. The summed E-state index contributed by atoms with van der Waals surface area (Å²) < 4.78 is 27.6. The van der Waals surface area contributed by atoms with Gasteiger partial charge in [0.2, 0.25) is 0 Å². The van der Waals surface area contributed by atoms with E-state index < -0.39 is 10.0 Å². The number of anilines is 1. The molecule has 0 saturated carbocycles. The van der Waals surface area contributed by atoms with Crippen molar-refractivity contribution in [3.63, 3.8) is 0 Å². The second-order valence-corrected chi connectivity index (χ2v) is 6.65. The molecule has 1 heterocycles. The molecule has 18 heavy (non-hydrogen) atoms. The smallest absolute Gasteiger partial charge is 0.263 e. The van der Waals surface area contributed by atoms with E-state index in [0.717, 1.165) is 9.26 Å². The third-order valence-electron chi connectivity index (χ3n) is 2.25. The molecule has 0 aliphatic rings. The van der Waals surface area contributed by atoms with E-state index in [-0.39, 0.29) is 4.90 Å². The Kier molecular flexibility index (Phi) is 3.86. The molecule has 0 saturated heterocycles. The number of aromatic nitrogens is 1. The van der Waals surface area contributed by atoms with Gasteiger partial charge in [-0.05, 0) is 65.9 Å². The van der Waals surface area contributed by atoms with Crippen molar-refractivity contribution in [1.82, 2.24) is 4.98 Å². The van der Waals surface area contributed by atoms with Crippen LogP contribution in [0.1, 0.15) is 5.69 Å². The number of nitrogens with one attached hydrogen (secondary N) is 1. The van der Waals surface area contributed by atoms with Gasteiger partial charge >= 0.3 is 0 Å². The highest BCUT2D eigenvalue weighted by atomic mass is 127. The number of pyridine rings is 1. The fraction of sp³-hybridized carbons (Fsp3) is 0.0833. The minimum atomic E-state index is -3.56. The molecule has 2 rings (SSSR count). The molecule has 1 aromatic heterocycles. The Balaban J connectivity index is 2.30. The highest BCUT2D eigenvalue weighted by Gasteiger charge is 2.14. The lowest BCUT2D eigenvalue weighted by Gasteiger charge is -2.07. The average molecular weight is 374 g/mol. The summed E-state index contributed by atoms with van der Waals surface area (Å²) in [6.07, 6.45) is 0. The van der Waals surface area contributed by atoms with Crippen molar-refractivity contribution >= 4 is 38.4 Å². The predicted molar refractivity (Wildman–Crippen MR) is 78.9 cm³/mol. The fourth-order valence-electron chi connectivity index (χ4n) is 1.41. The van der Waals surface area contributed by atoms with Crippen LogP contribution in [0.5, 0.6) is 0 Å². The number of aryl methyl sites for hydroxylation is 1. The molecule has 0 bridgehead atoms. The van der Waals surface area contributed by atoms with Gasteiger partial charge in [-0.1, -0.05) is 6.07 Å². The highest BCUT2D eigenvalue weighted by Crippen LogP contribution is 2.16. The number of halogens is 1. The summed E-state index contributed by atoms with van der Waals surface area (Å²) in [6.45, 7) is 1.81. The zero-order valence-electron chi connectivity index (χ0n) is 9.59. The van der Waals surface area contributed by atoms with E-state index in [2.05, 4.69) is 32.3 Å². The Morgan fingerprint density at radius 3 is 2.39 bits per heavy atom. The largest absolute Gasteiger partial charge is 0.263 e. The third kappa shape index (κ3) is 3.20. The first-order chi connectivity index (χ1) is 8.47. The van der Waals surface area contributed by atoms with Crippen LogP contribution in [0, 0.1) is 10.5 Å². The first-order valence-corrected chi connectivity index (χ1v) is 7.76. The van der Waals surface area contributed by atoms with Gasteiger partial charge in [-0.25, -0.2) is 13.4 Å². The molecule has 0 amide bonds. The Labute approximate surface area is 120 Å². The molecule has 6 heteroatoms. The molecule has 0 fully saturated rings. The van der Waals surface area contributed by atoms with Crippen LogP contribution in [0.25, 0.3) is 0 Å². The monoisotopic (exact) mass is 374 g/mol. The molecule has 1 N–H and O–H groups in total. The minimum Gasteiger partial charge on any atom is -0.263 e. The second-order valence-electron chi connectivity index (χ2n) is 3.72. The Hall–Kier alpha value is -1.15. The van der Waals surface area contributed by atoms with Crippen LogP contribution in [0.3, 0.4) is 0 Å². The Morgan fingerprint density at radius 2 is 1.78 bits per heavy atom. The van der Waals surface area contributed by atoms with Gasteiger partial charge in [0.1, 0.15) is 5.82 Å². The summed E-state index contributed by atoms with van der Waals surface area (Å²) in [5.74, 6) is 0.327. The van der Waals surface area contributed by atoms with Gasteiger partial charge in [0.25, 0.3) is 10.0 Å². The molecule has 4 nitrogen and oxygen atoms in total. The Morgan fingerprint density at radius 1 is 1.11 bits per heavy atom. The van der Waals surface area contributed by atoms with E-state index in [4.69, 9.17) is 0 Å². The molecular weight excluding hydrogens is 363 g/mol. The number of sulfonamides is 1. The lowest BCUT2D eigenvalue weighted by molar-refractivity contribution is 0.601. The number of nitrogens with zero attached hydrogens (tertiary/aromatic N) is 1. The van der Waals surface area contributed by atoms with Crippen LogP contribution in [0.4, 0.5) is 5.82 Å². The molecule has 1 aromatic carbocycles. The number of rotatable bonds is 3. The summed E-state index contributed by atoms with van der Waals surface area (Å²) >= 11 is 2.13. The summed E-state index contributed by atoms with van der Waals surface area (Å²) in [5, 5.41) is 0. The lowest BCUT2D eigenvalue weighted by Crippen LogP contribution is -2.14. The molecule has 0 aliphatic heterocycles. The van der Waals surface area contributed by atoms with Crippen molar-refractivity contribution < 1.29 is 8.42 Å². The van der Waals surface area contributed by atoms with Gasteiger partial charge in [-0.2, -0.15) is 0 Å². The zero-order chi connectivity index (χ0) is 13.2. The van der Waals surface area contributed by atoms with Gasteiger partial charge in [0.15, 0.2) is 0 Å². The van der Waals surface area contributed by atoms with Crippen molar-refractivity contribution in [1.29, 1.82) is 0 Å². The molecule has 0 aliphatic carbocycles. The molecule has 0 atom stereocenters. The Bertz CT molecular complexity index is 654. The van der Waals surface area contributed by atoms with Crippen LogP contribution in [-0.2, 0) is 10.0 Å². The molecule has 0 radical (unpaired) electrons. The van der Waals surface area contributed by atoms with Crippen LogP contribution < -0.4 is 4.72 Å². The fourth-order valence-corrected chi connectivity index (χ4v) is 2.77. The summed E-state index contributed by atoms with van der Waals surface area (Å²) in [5.41, 5.74) is 0.762. The van der Waals surface area contributed by atoms with Crippen molar-refractivity contribution in [3.8, 4) is 0 Å². The molecule has 2 aromatic rings. The maximum Gasteiger partial charge on any atom is 0.263 e. The maximum atomic E-state index is 12.1.